The second-order valence-electron chi connectivity index (χ2n) is 4.99. The first-order valence-electron chi connectivity index (χ1n) is 7.09. The lowest BCUT2D eigenvalue weighted by atomic mass is 10.2. The molecule has 0 spiro atoms. The second kappa shape index (κ2) is 7.59. The van der Waals surface area contributed by atoms with Crippen molar-refractivity contribution in [2.45, 2.75) is 25.9 Å². The number of ether oxygens (including phenoxy) is 1. The summed E-state index contributed by atoms with van der Waals surface area (Å²) in [5.74, 6) is -0.575. The molecule has 5 nitrogen and oxygen atoms in total. The van der Waals surface area contributed by atoms with Gasteiger partial charge in [-0.05, 0) is 24.5 Å². The first-order valence-corrected chi connectivity index (χ1v) is 7.09. The van der Waals surface area contributed by atoms with Gasteiger partial charge >= 0.3 is 0 Å². The van der Waals surface area contributed by atoms with Crippen molar-refractivity contribution in [2.24, 2.45) is 0 Å². The van der Waals surface area contributed by atoms with Crippen LogP contribution in [-0.2, 0) is 14.3 Å². The van der Waals surface area contributed by atoms with Crippen molar-refractivity contribution < 1.29 is 14.3 Å². The molecule has 0 bridgehead atoms. The third-order valence-corrected chi connectivity index (χ3v) is 3.18. The van der Waals surface area contributed by atoms with Crippen molar-refractivity contribution in [3.05, 3.63) is 41.6 Å². The molecular formula is C16H20N2O3. The van der Waals surface area contributed by atoms with E-state index in [1.54, 1.807) is 6.08 Å². The van der Waals surface area contributed by atoms with E-state index in [0.29, 0.717) is 6.54 Å². The molecule has 1 aliphatic heterocycles. The number of hydrogen-bond donors (Lipinski definition) is 2. The lowest BCUT2D eigenvalue weighted by Gasteiger charge is -2.13. The summed E-state index contributed by atoms with van der Waals surface area (Å²) in [6.45, 7) is 2.59. The molecule has 1 unspecified atom stereocenters. The minimum atomic E-state index is -0.301. The second-order valence-corrected chi connectivity index (χ2v) is 4.99. The number of hydrogen-bond acceptors (Lipinski definition) is 3. The first kappa shape index (κ1) is 15.3. The highest BCUT2D eigenvalue weighted by Gasteiger charge is 2.18. The van der Waals surface area contributed by atoms with E-state index in [2.05, 4.69) is 10.6 Å². The smallest absolute Gasteiger partial charge is 0.267 e. The van der Waals surface area contributed by atoms with Gasteiger partial charge in [-0.2, -0.15) is 0 Å². The van der Waals surface area contributed by atoms with Crippen LogP contribution in [0.15, 0.2) is 36.0 Å². The quantitative estimate of drug-likeness (QED) is 0.806. The average molecular weight is 288 g/mol. The van der Waals surface area contributed by atoms with Gasteiger partial charge in [0.2, 0.25) is 5.91 Å². The highest BCUT2D eigenvalue weighted by Crippen LogP contribution is 2.11. The van der Waals surface area contributed by atoms with Crippen LogP contribution in [0.3, 0.4) is 0 Å². The fourth-order valence-corrected chi connectivity index (χ4v) is 2.17. The van der Waals surface area contributed by atoms with Gasteiger partial charge < -0.3 is 15.4 Å². The molecule has 0 radical (unpaired) electrons. The van der Waals surface area contributed by atoms with E-state index in [9.17, 15) is 9.59 Å². The normalized spacial score (nSPS) is 18.3. The summed E-state index contributed by atoms with van der Waals surface area (Å²) >= 11 is 0. The Morgan fingerprint density at radius 3 is 2.71 bits per heavy atom. The summed E-state index contributed by atoms with van der Waals surface area (Å²) in [7, 11) is 0. The molecule has 0 aliphatic carbocycles. The molecule has 1 heterocycles. The molecule has 2 amide bonds. The monoisotopic (exact) mass is 288 g/mol. The molecule has 5 heteroatoms. The zero-order valence-corrected chi connectivity index (χ0v) is 12.1. The molecule has 0 aromatic heterocycles. The lowest BCUT2D eigenvalue weighted by molar-refractivity contribution is -0.122. The molecule has 1 atom stereocenters. The number of benzene rings is 1. The Morgan fingerprint density at radius 1 is 1.33 bits per heavy atom. The van der Waals surface area contributed by atoms with Gasteiger partial charge in [0.05, 0.1) is 6.10 Å². The van der Waals surface area contributed by atoms with Gasteiger partial charge in [-0.15, -0.1) is 0 Å². The van der Waals surface area contributed by atoms with Gasteiger partial charge in [-0.25, -0.2) is 0 Å². The summed E-state index contributed by atoms with van der Waals surface area (Å²) < 4.78 is 5.46. The molecule has 1 aliphatic rings. The van der Waals surface area contributed by atoms with Crippen molar-refractivity contribution >= 4 is 17.9 Å². The van der Waals surface area contributed by atoms with Crippen molar-refractivity contribution in [1.82, 2.24) is 10.6 Å². The molecule has 2 N–H and O–H groups in total. The number of carbonyl (C=O) groups excluding carboxylic acids is 2. The van der Waals surface area contributed by atoms with Gasteiger partial charge in [0, 0.05) is 20.1 Å². The summed E-state index contributed by atoms with van der Waals surface area (Å²) in [5, 5.41) is 5.38. The highest BCUT2D eigenvalue weighted by molar-refractivity contribution is 6.00. The summed E-state index contributed by atoms with van der Waals surface area (Å²) in [6.07, 6.45) is 3.72. The summed E-state index contributed by atoms with van der Waals surface area (Å²) in [5.41, 5.74) is 1.10. The first-order chi connectivity index (χ1) is 10.1. The Bertz CT molecular complexity index is 520. The van der Waals surface area contributed by atoms with Crippen molar-refractivity contribution in [3.8, 4) is 0 Å². The third-order valence-electron chi connectivity index (χ3n) is 3.18. The van der Waals surface area contributed by atoms with E-state index >= 15 is 0 Å². The fourth-order valence-electron chi connectivity index (χ4n) is 2.17. The van der Waals surface area contributed by atoms with Crippen LogP contribution in [-0.4, -0.2) is 31.1 Å². The molecule has 1 fully saturated rings. The standard InChI is InChI=1S/C16H20N2O3/c1-12(19)18-15(10-13-6-3-2-4-7-13)16(20)17-11-14-8-5-9-21-14/h2-4,6-7,10,14H,5,8-9,11H2,1H3,(H,17,20)(H,18,19)/b15-10+. The van der Waals surface area contributed by atoms with E-state index in [1.807, 2.05) is 30.3 Å². The Labute approximate surface area is 124 Å². The summed E-state index contributed by atoms with van der Waals surface area (Å²) in [4.78, 5) is 23.4. The number of rotatable bonds is 5. The van der Waals surface area contributed by atoms with Crippen LogP contribution >= 0.6 is 0 Å². The van der Waals surface area contributed by atoms with E-state index < -0.39 is 0 Å². The maximum Gasteiger partial charge on any atom is 0.267 e. The molecule has 112 valence electrons. The zero-order valence-electron chi connectivity index (χ0n) is 12.1. The maximum atomic E-state index is 12.2. The van der Waals surface area contributed by atoms with Gasteiger partial charge in [-0.3, -0.25) is 9.59 Å². The SMILES string of the molecule is CC(=O)N/C(=C/c1ccccc1)C(=O)NCC1CCCO1. The molecule has 1 saturated heterocycles. The van der Waals surface area contributed by atoms with Gasteiger partial charge in [0.1, 0.15) is 5.70 Å². The molecule has 1 aromatic carbocycles. The topological polar surface area (TPSA) is 67.4 Å². The Hall–Kier alpha value is -2.14. The van der Waals surface area contributed by atoms with Crippen LogP contribution < -0.4 is 10.6 Å². The van der Waals surface area contributed by atoms with Crippen molar-refractivity contribution in [1.29, 1.82) is 0 Å². The van der Waals surface area contributed by atoms with Crippen LogP contribution in [0.5, 0.6) is 0 Å². The van der Waals surface area contributed by atoms with Crippen LogP contribution in [0.1, 0.15) is 25.3 Å². The van der Waals surface area contributed by atoms with Crippen molar-refractivity contribution in [2.75, 3.05) is 13.2 Å². The van der Waals surface area contributed by atoms with Gasteiger partial charge in [0.15, 0.2) is 0 Å². The predicted octanol–water partition coefficient (Wildman–Crippen LogP) is 1.46. The van der Waals surface area contributed by atoms with Crippen LogP contribution in [0.4, 0.5) is 0 Å². The molecular weight excluding hydrogens is 268 g/mol. The average Bonchev–Trinajstić information content (AvgIpc) is 2.98. The van der Waals surface area contributed by atoms with E-state index in [1.165, 1.54) is 6.92 Å². The highest BCUT2D eigenvalue weighted by atomic mass is 16.5. The third kappa shape index (κ3) is 5.04. The molecule has 0 saturated carbocycles. The minimum Gasteiger partial charge on any atom is -0.376 e. The van der Waals surface area contributed by atoms with Crippen LogP contribution in [0.25, 0.3) is 6.08 Å². The Balaban J connectivity index is 2.02. The minimum absolute atomic E-state index is 0.0734. The predicted molar refractivity (Wildman–Crippen MR) is 80.2 cm³/mol. The fraction of sp³-hybridized carbons (Fsp3) is 0.375. The maximum absolute atomic E-state index is 12.2. The van der Waals surface area contributed by atoms with Gasteiger partial charge in [0.25, 0.3) is 5.91 Å². The molecule has 1 aromatic rings. The zero-order chi connectivity index (χ0) is 15.1. The Kier molecular flexibility index (Phi) is 5.51. The van der Waals surface area contributed by atoms with E-state index in [0.717, 1.165) is 25.0 Å². The van der Waals surface area contributed by atoms with Crippen LogP contribution in [0, 0.1) is 0 Å². The number of carbonyl (C=O) groups is 2. The Morgan fingerprint density at radius 2 is 2.10 bits per heavy atom. The largest absolute Gasteiger partial charge is 0.376 e. The number of amides is 2. The van der Waals surface area contributed by atoms with Gasteiger partial charge in [-0.1, -0.05) is 30.3 Å². The van der Waals surface area contributed by atoms with E-state index in [-0.39, 0.29) is 23.6 Å². The molecule has 21 heavy (non-hydrogen) atoms. The molecule has 2 rings (SSSR count). The van der Waals surface area contributed by atoms with Crippen LogP contribution in [0.2, 0.25) is 0 Å². The lowest BCUT2D eigenvalue weighted by Crippen LogP contribution is -2.37. The van der Waals surface area contributed by atoms with E-state index in [4.69, 9.17) is 4.74 Å². The number of nitrogens with one attached hydrogen (secondary N) is 2. The van der Waals surface area contributed by atoms with Crippen molar-refractivity contribution in [3.63, 3.8) is 0 Å². The summed E-state index contributed by atoms with van der Waals surface area (Å²) in [6, 6.07) is 9.39.